The van der Waals surface area contributed by atoms with Gasteiger partial charge in [0.25, 0.3) is 0 Å². The highest BCUT2D eigenvalue weighted by Crippen LogP contribution is 2.49. The van der Waals surface area contributed by atoms with Crippen molar-refractivity contribution in [3.05, 3.63) is 0 Å². The Balaban J connectivity index is 1.88. The van der Waals surface area contributed by atoms with Crippen LogP contribution >= 0.6 is 0 Å². The smallest absolute Gasteiger partial charge is 0.303 e. The van der Waals surface area contributed by atoms with Crippen LogP contribution in [0.3, 0.4) is 0 Å². The van der Waals surface area contributed by atoms with Crippen molar-refractivity contribution in [3.8, 4) is 0 Å². The van der Waals surface area contributed by atoms with Gasteiger partial charge in [0, 0.05) is 12.6 Å². The van der Waals surface area contributed by atoms with Crippen molar-refractivity contribution in [2.45, 2.75) is 63.7 Å². The van der Waals surface area contributed by atoms with Gasteiger partial charge in [0.2, 0.25) is 0 Å². The average Bonchev–Trinajstić information content (AvgIpc) is 3.10. The third-order valence-electron chi connectivity index (χ3n) is 4.59. The highest BCUT2D eigenvalue weighted by atomic mass is 19.4. The zero-order chi connectivity index (χ0) is 14.1. The van der Waals surface area contributed by atoms with Gasteiger partial charge in [0.1, 0.15) is 5.54 Å². The summed E-state index contributed by atoms with van der Waals surface area (Å²) >= 11 is 0. The van der Waals surface area contributed by atoms with Crippen LogP contribution in [0, 0.1) is 5.92 Å². The first-order valence-corrected chi connectivity index (χ1v) is 7.45. The van der Waals surface area contributed by atoms with Crippen LogP contribution in [0.15, 0.2) is 0 Å². The second kappa shape index (κ2) is 5.60. The summed E-state index contributed by atoms with van der Waals surface area (Å²) in [5, 5.41) is 2.89. The molecule has 1 saturated carbocycles. The largest absolute Gasteiger partial charge is 0.406 e. The maximum absolute atomic E-state index is 12.9. The van der Waals surface area contributed by atoms with Gasteiger partial charge in [-0.1, -0.05) is 6.92 Å². The number of halogens is 3. The van der Waals surface area contributed by atoms with Gasteiger partial charge in [-0.15, -0.1) is 0 Å². The Labute approximate surface area is 113 Å². The van der Waals surface area contributed by atoms with Gasteiger partial charge < -0.3 is 10.2 Å². The predicted molar refractivity (Wildman–Crippen MR) is 70.1 cm³/mol. The van der Waals surface area contributed by atoms with E-state index in [1.165, 1.54) is 0 Å². The summed E-state index contributed by atoms with van der Waals surface area (Å²) in [6.07, 6.45) is -0.351. The van der Waals surface area contributed by atoms with Crippen LogP contribution in [0.25, 0.3) is 0 Å². The maximum atomic E-state index is 12.9. The number of piperidine rings is 1. The number of alkyl halides is 3. The fraction of sp³-hybridized carbons (Fsp3) is 1.00. The number of hydrogen-bond acceptors (Lipinski definition) is 2. The van der Waals surface area contributed by atoms with E-state index in [9.17, 15) is 13.2 Å². The minimum absolute atomic E-state index is 0.0521. The summed E-state index contributed by atoms with van der Waals surface area (Å²) in [6.45, 7) is 7.17. The van der Waals surface area contributed by atoms with E-state index in [1.807, 2.05) is 6.92 Å². The average molecular weight is 278 g/mol. The monoisotopic (exact) mass is 278 g/mol. The van der Waals surface area contributed by atoms with Crippen LogP contribution in [0.1, 0.15) is 46.0 Å². The number of likely N-dealkylation sites (tertiary alicyclic amines) is 1. The molecule has 2 nitrogen and oxygen atoms in total. The second-order valence-corrected chi connectivity index (χ2v) is 6.22. The summed E-state index contributed by atoms with van der Waals surface area (Å²) in [5.41, 5.74) is -1.57. The molecule has 0 spiro atoms. The van der Waals surface area contributed by atoms with E-state index in [2.05, 4.69) is 17.1 Å². The minimum atomic E-state index is -4.10. The van der Waals surface area contributed by atoms with Gasteiger partial charge in [-0.25, -0.2) is 0 Å². The molecule has 1 aliphatic carbocycles. The molecule has 1 heterocycles. The van der Waals surface area contributed by atoms with E-state index in [-0.39, 0.29) is 18.9 Å². The molecule has 19 heavy (non-hydrogen) atoms. The van der Waals surface area contributed by atoms with Crippen LogP contribution in [0.4, 0.5) is 13.2 Å². The molecule has 112 valence electrons. The van der Waals surface area contributed by atoms with Gasteiger partial charge >= 0.3 is 6.18 Å². The molecule has 1 N–H and O–H groups in total. The minimum Gasteiger partial charge on any atom is -0.303 e. The summed E-state index contributed by atoms with van der Waals surface area (Å²) in [7, 11) is 0. The highest BCUT2D eigenvalue weighted by molar-refractivity contribution is 5.09. The zero-order valence-corrected chi connectivity index (χ0v) is 11.9. The van der Waals surface area contributed by atoms with Gasteiger partial charge in [-0.2, -0.15) is 13.2 Å². The van der Waals surface area contributed by atoms with E-state index >= 15 is 0 Å². The molecule has 0 amide bonds. The predicted octanol–water partition coefficient (Wildman–Crippen LogP) is 3.18. The molecule has 0 aromatic carbocycles. The Bertz CT molecular complexity index is 298. The Morgan fingerprint density at radius 1 is 1.37 bits per heavy atom. The number of rotatable bonds is 5. The molecule has 0 aromatic rings. The lowest BCUT2D eigenvalue weighted by Gasteiger charge is -2.37. The fourth-order valence-corrected chi connectivity index (χ4v) is 3.21. The van der Waals surface area contributed by atoms with E-state index in [0.29, 0.717) is 5.92 Å². The number of nitrogens with zero attached hydrogens (tertiary/aromatic N) is 1. The zero-order valence-electron chi connectivity index (χ0n) is 11.9. The lowest BCUT2D eigenvalue weighted by atomic mass is 9.90. The quantitative estimate of drug-likeness (QED) is 0.831. The molecule has 2 aliphatic rings. The van der Waals surface area contributed by atoms with Crippen molar-refractivity contribution >= 4 is 0 Å². The van der Waals surface area contributed by atoms with Crippen molar-refractivity contribution in [2.24, 2.45) is 5.92 Å². The molecule has 2 rings (SSSR count). The van der Waals surface area contributed by atoms with Crippen LogP contribution in [0.2, 0.25) is 0 Å². The SMILES string of the molecule is CCCN1CCCC(C(C)NC2(C(F)(F)F)CC2)C1. The molecule has 2 unspecified atom stereocenters. The normalized spacial score (nSPS) is 29.2. The molecule has 0 bridgehead atoms. The summed E-state index contributed by atoms with van der Waals surface area (Å²) in [5.74, 6) is 0.347. The maximum Gasteiger partial charge on any atom is 0.406 e. The third kappa shape index (κ3) is 3.43. The first-order chi connectivity index (χ1) is 8.88. The van der Waals surface area contributed by atoms with Gasteiger partial charge in [-0.05, 0) is 58.0 Å². The first-order valence-electron chi connectivity index (χ1n) is 7.45. The van der Waals surface area contributed by atoms with Crippen LogP contribution in [-0.2, 0) is 0 Å². The molecule has 0 radical (unpaired) electrons. The van der Waals surface area contributed by atoms with Crippen molar-refractivity contribution in [3.63, 3.8) is 0 Å². The van der Waals surface area contributed by atoms with E-state index in [4.69, 9.17) is 0 Å². The molecule has 0 aromatic heterocycles. The summed E-state index contributed by atoms with van der Waals surface area (Å²) < 4.78 is 38.8. The number of hydrogen-bond donors (Lipinski definition) is 1. The molecule has 5 heteroatoms. The van der Waals surface area contributed by atoms with Gasteiger partial charge in [0.15, 0.2) is 0 Å². The molecular formula is C14H25F3N2. The molecule has 1 saturated heterocycles. The Morgan fingerprint density at radius 3 is 2.58 bits per heavy atom. The second-order valence-electron chi connectivity index (χ2n) is 6.22. The fourth-order valence-electron chi connectivity index (χ4n) is 3.21. The Hall–Kier alpha value is -0.290. The van der Waals surface area contributed by atoms with Crippen molar-refractivity contribution in [1.82, 2.24) is 10.2 Å². The van der Waals surface area contributed by atoms with E-state index < -0.39 is 11.7 Å². The van der Waals surface area contributed by atoms with E-state index in [1.54, 1.807) is 0 Å². The van der Waals surface area contributed by atoms with Crippen LogP contribution < -0.4 is 5.32 Å². The summed E-state index contributed by atoms with van der Waals surface area (Å²) in [6, 6.07) is -0.0521. The molecule has 2 fully saturated rings. The van der Waals surface area contributed by atoms with Crippen LogP contribution in [-0.4, -0.2) is 42.3 Å². The van der Waals surface area contributed by atoms with Crippen molar-refractivity contribution < 1.29 is 13.2 Å². The highest BCUT2D eigenvalue weighted by Gasteiger charge is 2.63. The van der Waals surface area contributed by atoms with E-state index in [0.717, 1.165) is 38.9 Å². The lowest BCUT2D eigenvalue weighted by molar-refractivity contribution is -0.168. The summed E-state index contributed by atoms with van der Waals surface area (Å²) in [4.78, 5) is 2.39. The molecule has 1 aliphatic heterocycles. The Kier molecular flexibility index (Phi) is 4.45. The Morgan fingerprint density at radius 2 is 2.05 bits per heavy atom. The third-order valence-corrected chi connectivity index (χ3v) is 4.59. The molecular weight excluding hydrogens is 253 g/mol. The standard InChI is InChI=1S/C14H25F3N2/c1-3-8-19-9-4-5-12(10-19)11(2)18-13(6-7-13)14(15,16)17/h11-12,18H,3-10H2,1-2H3. The van der Waals surface area contributed by atoms with Crippen molar-refractivity contribution in [1.29, 1.82) is 0 Å². The van der Waals surface area contributed by atoms with Crippen molar-refractivity contribution in [2.75, 3.05) is 19.6 Å². The first kappa shape index (κ1) is 15.1. The van der Waals surface area contributed by atoms with Gasteiger partial charge in [-0.3, -0.25) is 0 Å². The number of nitrogens with one attached hydrogen (secondary N) is 1. The van der Waals surface area contributed by atoms with Crippen LogP contribution in [0.5, 0.6) is 0 Å². The molecule has 2 atom stereocenters. The lowest BCUT2D eigenvalue weighted by Crippen LogP contribution is -2.53. The topological polar surface area (TPSA) is 15.3 Å². The van der Waals surface area contributed by atoms with Gasteiger partial charge in [0.05, 0.1) is 0 Å².